The Kier molecular flexibility index (Phi) is 4.91. The van der Waals surface area contributed by atoms with Crippen molar-refractivity contribution in [3.8, 4) is 11.6 Å². The Morgan fingerprint density at radius 1 is 1.26 bits per heavy atom. The zero-order valence-corrected chi connectivity index (χ0v) is 15.3. The molecule has 0 bridgehead atoms. The van der Waals surface area contributed by atoms with Crippen LogP contribution in [0.3, 0.4) is 0 Å². The predicted octanol–water partition coefficient (Wildman–Crippen LogP) is 3.97. The molecule has 1 saturated heterocycles. The third-order valence-corrected chi connectivity index (χ3v) is 4.98. The van der Waals surface area contributed by atoms with E-state index in [1.54, 1.807) is 6.20 Å². The van der Waals surface area contributed by atoms with Crippen LogP contribution in [0.4, 0.5) is 10.5 Å². The van der Waals surface area contributed by atoms with E-state index in [1.807, 2.05) is 54.4 Å². The van der Waals surface area contributed by atoms with Gasteiger partial charge in [0.05, 0.1) is 5.69 Å². The van der Waals surface area contributed by atoms with Gasteiger partial charge >= 0.3 is 6.03 Å². The molecule has 2 aromatic heterocycles. The number of anilines is 1. The number of hydrogen-bond donors (Lipinski definition) is 1. The Hall–Kier alpha value is -3.09. The lowest BCUT2D eigenvalue weighted by Gasteiger charge is -2.33. The maximum absolute atomic E-state index is 12.5. The molecule has 1 aliphatic heterocycles. The maximum Gasteiger partial charge on any atom is 0.321 e. The van der Waals surface area contributed by atoms with Gasteiger partial charge in [0, 0.05) is 43.3 Å². The fourth-order valence-electron chi connectivity index (χ4n) is 3.45. The molecule has 0 unspecified atom stereocenters. The van der Waals surface area contributed by atoms with Gasteiger partial charge in [0.15, 0.2) is 5.82 Å². The zero-order valence-electron chi connectivity index (χ0n) is 15.3. The van der Waals surface area contributed by atoms with E-state index in [0.29, 0.717) is 24.9 Å². The van der Waals surface area contributed by atoms with E-state index in [4.69, 9.17) is 4.52 Å². The number of imidazole rings is 1. The molecule has 140 valence electrons. The van der Waals surface area contributed by atoms with Crippen LogP contribution in [0.2, 0.25) is 0 Å². The van der Waals surface area contributed by atoms with E-state index in [-0.39, 0.29) is 6.03 Å². The summed E-state index contributed by atoms with van der Waals surface area (Å²) in [6.07, 6.45) is 6.35. The van der Waals surface area contributed by atoms with Gasteiger partial charge in [-0.1, -0.05) is 30.3 Å². The quantitative estimate of drug-likeness (QED) is 0.759. The van der Waals surface area contributed by atoms with E-state index >= 15 is 0 Å². The Bertz CT molecular complexity index is 894. The number of rotatable bonds is 4. The van der Waals surface area contributed by atoms with Crippen molar-refractivity contribution in [1.29, 1.82) is 0 Å². The van der Waals surface area contributed by atoms with E-state index in [9.17, 15) is 4.79 Å². The largest absolute Gasteiger partial charge is 0.353 e. The van der Waals surface area contributed by atoms with Crippen LogP contribution in [0.5, 0.6) is 0 Å². The predicted molar refractivity (Wildman–Crippen MR) is 102 cm³/mol. The summed E-state index contributed by atoms with van der Waals surface area (Å²) in [7, 11) is 0. The molecule has 0 saturated carbocycles. The fraction of sp³-hybridized carbons (Fsp3) is 0.350. The summed E-state index contributed by atoms with van der Waals surface area (Å²) in [5, 5.41) is 7.01. The number of nitrogens with zero attached hydrogens (tertiary/aromatic N) is 4. The summed E-state index contributed by atoms with van der Waals surface area (Å²) in [4.78, 5) is 18.8. The van der Waals surface area contributed by atoms with Gasteiger partial charge < -0.3 is 19.3 Å². The lowest BCUT2D eigenvalue weighted by molar-refractivity contribution is 0.184. The molecule has 0 aliphatic carbocycles. The Balaban J connectivity index is 1.40. The molecular weight excluding hydrogens is 342 g/mol. The lowest BCUT2D eigenvalue weighted by atomic mass is 10.0. The summed E-state index contributed by atoms with van der Waals surface area (Å²) < 4.78 is 7.59. The van der Waals surface area contributed by atoms with Crippen LogP contribution in [-0.2, 0) is 6.42 Å². The van der Waals surface area contributed by atoms with Crippen molar-refractivity contribution in [2.45, 2.75) is 32.2 Å². The van der Waals surface area contributed by atoms with Crippen LogP contribution in [-0.4, -0.2) is 38.7 Å². The lowest BCUT2D eigenvalue weighted by Crippen LogP contribution is -2.41. The van der Waals surface area contributed by atoms with Crippen molar-refractivity contribution in [3.05, 3.63) is 54.5 Å². The smallest absolute Gasteiger partial charge is 0.321 e. The molecule has 0 spiro atoms. The molecule has 4 rings (SSSR count). The highest BCUT2D eigenvalue weighted by molar-refractivity contribution is 5.89. The maximum atomic E-state index is 12.5. The third-order valence-electron chi connectivity index (χ3n) is 4.98. The number of para-hydroxylation sites is 1. The second-order valence-electron chi connectivity index (χ2n) is 6.71. The molecule has 2 amide bonds. The van der Waals surface area contributed by atoms with E-state index in [1.165, 1.54) is 0 Å². The zero-order chi connectivity index (χ0) is 18.6. The van der Waals surface area contributed by atoms with Crippen molar-refractivity contribution in [3.63, 3.8) is 0 Å². The summed E-state index contributed by atoms with van der Waals surface area (Å²) >= 11 is 0. The molecule has 7 heteroatoms. The van der Waals surface area contributed by atoms with Crippen LogP contribution in [0.1, 0.15) is 31.5 Å². The highest BCUT2D eigenvalue weighted by Gasteiger charge is 2.26. The van der Waals surface area contributed by atoms with Gasteiger partial charge in [0.2, 0.25) is 5.76 Å². The Morgan fingerprint density at radius 2 is 2.04 bits per heavy atom. The average Bonchev–Trinajstić information content (AvgIpc) is 3.38. The van der Waals surface area contributed by atoms with Gasteiger partial charge in [-0.05, 0) is 31.4 Å². The van der Waals surface area contributed by atoms with Gasteiger partial charge in [-0.3, -0.25) is 0 Å². The first kappa shape index (κ1) is 17.3. The molecule has 0 atom stereocenters. The number of nitrogens with one attached hydrogen (secondary N) is 1. The summed E-state index contributed by atoms with van der Waals surface area (Å²) in [5.74, 6) is 1.50. The number of carbonyl (C=O) groups is 1. The standard InChI is InChI=1S/C20H23N5O2/c1-2-15-14-18(27-23-15)19-21-10-13-25(19)17-8-11-24(12-9-17)20(26)22-16-6-4-3-5-7-16/h3-7,10,13-14,17H,2,8-9,11-12H2,1H3,(H,22,26). The molecule has 1 aromatic carbocycles. The van der Waals surface area contributed by atoms with Gasteiger partial charge in [0.25, 0.3) is 0 Å². The SMILES string of the molecule is CCc1cc(-c2nccn2C2CCN(C(=O)Nc3ccccc3)CC2)on1. The monoisotopic (exact) mass is 365 g/mol. The average molecular weight is 365 g/mol. The number of carbonyl (C=O) groups excluding carboxylic acids is 1. The minimum absolute atomic E-state index is 0.0478. The number of likely N-dealkylation sites (tertiary alicyclic amines) is 1. The topological polar surface area (TPSA) is 76.2 Å². The van der Waals surface area contributed by atoms with E-state index in [2.05, 4.69) is 20.0 Å². The first-order valence-corrected chi connectivity index (χ1v) is 9.34. The minimum atomic E-state index is -0.0478. The van der Waals surface area contributed by atoms with Crippen LogP contribution < -0.4 is 5.32 Å². The van der Waals surface area contributed by atoms with Gasteiger partial charge in [-0.2, -0.15) is 0 Å². The van der Waals surface area contributed by atoms with E-state index < -0.39 is 0 Å². The second kappa shape index (κ2) is 7.65. The molecule has 3 heterocycles. The highest BCUT2D eigenvalue weighted by atomic mass is 16.5. The van der Waals surface area contributed by atoms with Crippen molar-refractivity contribution < 1.29 is 9.32 Å². The number of urea groups is 1. The summed E-state index contributed by atoms with van der Waals surface area (Å²) in [6, 6.07) is 11.7. The number of benzene rings is 1. The summed E-state index contributed by atoms with van der Waals surface area (Å²) in [6.45, 7) is 3.46. The first-order chi connectivity index (χ1) is 13.2. The molecule has 1 N–H and O–H groups in total. The van der Waals surface area contributed by atoms with Crippen molar-refractivity contribution >= 4 is 11.7 Å². The van der Waals surface area contributed by atoms with Crippen LogP contribution in [0, 0.1) is 0 Å². The van der Waals surface area contributed by atoms with E-state index in [0.717, 1.165) is 36.5 Å². The molecule has 7 nitrogen and oxygen atoms in total. The normalized spacial score (nSPS) is 15.1. The minimum Gasteiger partial charge on any atom is -0.353 e. The molecular formula is C20H23N5O2. The Morgan fingerprint density at radius 3 is 2.74 bits per heavy atom. The first-order valence-electron chi connectivity index (χ1n) is 9.34. The van der Waals surface area contributed by atoms with Crippen LogP contribution in [0.25, 0.3) is 11.6 Å². The second-order valence-corrected chi connectivity index (χ2v) is 6.71. The van der Waals surface area contributed by atoms with Crippen molar-refractivity contribution in [1.82, 2.24) is 19.6 Å². The molecule has 3 aromatic rings. The van der Waals surface area contributed by atoms with Crippen LogP contribution >= 0.6 is 0 Å². The number of piperidine rings is 1. The Labute approximate surface area is 158 Å². The number of aromatic nitrogens is 3. The van der Waals surface area contributed by atoms with Crippen molar-refractivity contribution in [2.75, 3.05) is 18.4 Å². The molecule has 1 fully saturated rings. The highest BCUT2D eigenvalue weighted by Crippen LogP contribution is 2.29. The van der Waals surface area contributed by atoms with Crippen molar-refractivity contribution in [2.24, 2.45) is 0 Å². The fourth-order valence-corrected chi connectivity index (χ4v) is 3.45. The van der Waals surface area contributed by atoms with Gasteiger partial charge in [0.1, 0.15) is 0 Å². The van der Waals surface area contributed by atoms with Gasteiger partial charge in [-0.15, -0.1) is 0 Å². The third kappa shape index (κ3) is 3.72. The molecule has 1 aliphatic rings. The molecule has 27 heavy (non-hydrogen) atoms. The van der Waals surface area contributed by atoms with Crippen LogP contribution in [0.15, 0.2) is 53.3 Å². The number of aryl methyl sites for hydroxylation is 1. The van der Waals surface area contributed by atoms with Gasteiger partial charge in [-0.25, -0.2) is 9.78 Å². The number of amides is 2. The summed E-state index contributed by atoms with van der Waals surface area (Å²) in [5.41, 5.74) is 1.74. The molecule has 0 radical (unpaired) electrons. The number of hydrogen-bond acceptors (Lipinski definition) is 4.